The van der Waals surface area contributed by atoms with Crippen LogP contribution in [0.3, 0.4) is 0 Å². The molecule has 3 heterocycles. The average Bonchev–Trinajstić information content (AvgIpc) is 3.43. The standard InChI is InChI=1S/C27H37NO5/c1-15-6-7-21-19(24(29)32-27(21)20(15)8-10-26(3)25(27)33-26)14-28-11-9-17-12-22(30-4)23(31-5)13-18(17)16(28)2/h12-13,15-16,19-21,25H,6-11,14H2,1-5H3/t15-,16-,19-,20-,21+,25+,26-,27-/m0/s1. The summed E-state index contributed by atoms with van der Waals surface area (Å²) >= 11 is 0. The lowest BCUT2D eigenvalue weighted by molar-refractivity contribution is -0.168. The molecule has 2 saturated heterocycles. The van der Waals surface area contributed by atoms with Gasteiger partial charge in [-0.15, -0.1) is 0 Å². The third-order valence-electron chi connectivity index (χ3n) is 9.83. The molecule has 33 heavy (non-hydrogen) atoms. The Kier molecular flexibility index (Phi) is 4.84. The molecule has 180 valence electrons. The summed E-state index contributed by atoms with van der Waals surface area (Å²) in [6.45, 7) is 8.49. The van der Waals surface area contributed by atoms with E-state index >= 15 is 0 Å². The molecule has 6 rings (SSSR count). The Labute approximate surface area is 196 Å². The topological polar surface area (TPSA) is 60.5 Å². The molecule has 5 aliphatic rings. The van der Waals surface area contributed by atoms with E-state index in [0.29, 0.717) is 11.8 Å². The molecule has 0 bridgehead atoms. The minimum Gasteiger partial charge on any atom is -0.493 e. The van der Waals surface area contributed by atoms with E-state index in [4.69, 9.17) is 18.9 Å². The Morgan fingerprint density at radius 2 is 1.85 bits per heavy atom. The van der Waals surface area contributed by atoms with E-state index in [0.717, 1.165) is 50.3 Å². The second-order valence-electron chi connectivity index (χ2n) is 11.3. The van der Waals surface area contributed by atoms with Gasteiger partial charge in [0.05, 0.1) is 25.7 Å². The molecule has 1 aromatic rings. The number of hydrogen-bond acceptors (Lipinski definition) is 6. The molecule has 3 aliphatic heterocycles. The van der Waals surface area contributed by atoms with E-state index in [1.54, 1.807) is 14.2 Å². The third kappa shape index (κ3) is 2.95. The predicted molar refractivity (Wildman–Crippen MR) is 123 cm³/mol. The number of benzene rings is 1. The summed E-state index contributed by atoms with van der Waals surface area (Å²) in [6.07, 6.45) is 5.48. The fraction of sp³-hybridized carbons (Fsp3) is 0.741. The smallest absolute Gasteiger partial charge is 0.311 e. The molecule has 4 fully saturated rings. The fourth-order valence-electron chi connectivity index (χ4n) is 7.96. The number of esters is 1. The number of epoxide rings is 1. The maximum atomic E-state index is 13.4. The summed E-state index contributed by atoms with van der Waals surface area (Å²) in [4.78, 5) is 15.9. The zero-order valence-electron chi connectivity index (χ0n) is 20.6. The first-order valence-electron chi connectivity index (χ1n) is 12.7. The van der Waals surface area contributed by atoms with Gasteiger partial charge in [-0.05, 0) is 75.1 Å². The van der Waals surface area contributed by atoms with Crippen molar-refractivity contribution >= 4 is 5.97 Å². The number of methoxy groups -OCH3 is 2. The molecule has 6 heteroatoms. The Hall–Kier alpha value is -1.79. The third-order valence-corrected chi connectivity index (χ3v) is 9.83. The van der Waals surface area contributed by atoms with Crippen molar-refractivity contribution in [1.29, 1.82) is 0 Å². The van der Waals surface area contributed by atoms with Crippen LogP contribution in [0.5, 0.6) is 11.5 Å². The van der Waals surface area contributed by atoms with Crippen LogP contribution in [-0.4, -0.2) is 55.5 Å². The summed E-state index contributed by atoms with van der Waals surface area (Å²) in [5.41, 5.74) is 2.09. The largest absolute Gasteiger partial charge is 0.493 e. The van der Waals surface area contributed by atoms with Crippen molar-refractivity contribution in [2.45, 2.75) is 76.2 Å². The van der Waals surface area contributed by atoms with Gasteiger partial charge in [-0.2, -0.15) is 0 Å². The highest BCUT2D eigenvalue weighted by Crippen LogP contribution is 2.66. The highest BCUT2D eigenvalue weighted by molar-refractivity contribution is 5.77. The zero-order valence-corrected chi connectivity index (χ0v) is 20.6. The van der Waals surface area contributed by atoms with E-state index in [1.807, 2.05) is 0 Å². The molecule has 2 saturated carbocycles. The Bertz CT molecular complexity index is 980. The Balaban J connectivity index is 1.28. The number of hydrogen-bond donors (Lipinski definition) is 0. The van der Waals surface area contributed by atoms with Crippen molar-refractivity contribution in [2.24, 2.45) is 23.7 Å². The second kappa shape index (κ2) is 7.35. The molecule has 6 nitrogen and oxygen atoms in total. The van der Waals surface area contributed by atoms with Crippen LogP contribution < -0.4 is 9.47 Å². The number of ether oxygens (including phenoxy) is 4. The molecule has 0 unspecified atom stereocenters. The van der Waals surface area contributed by atoms with Gasteiger partial charge >= 0.3 is 5.97 Å². The second-order valence-corrected chi connectivity index (χ2v) is 11.3. The van der Waals surface area contributed by atoms with E-state index in [2.05, 4.69) is 37.8 Å². The van der Waals surface area contributed by atoms with E-state index < -0.39 is 5.60 Å². The van der Waals surface area contributed by atoms with E-state index in [1.165, 1.54) is 17.5 Å². The van der Waals surface area contributed by atoms with Gasteiger partial charge in [0.25, 0.3) is 0 Å². The highest BCUT2D eigenvalue weighted by Gasteiger charge is 2.77. The minimum atomic E-state index is -0.403. The summed E-state index contributed by atoms with van der Waals surface area (Å²) < 4.78 is 23.8. The normalized spacial score (nSPS) is 43.6. The maximum Gasteiger partial charge on any atom is 0.311 e. The summed E-state index contributed by atoms with van der Waals surface area (Å²) in [5.74, 6) is 2.76. The number of nitrogens with zero attached hydrogens (tertiary/aromatic N) is 1. The van der Waals surface area contributed by atoms with Crippen LogP contribution in [0.4, 0.5) is 0 Å². The fourth-order valence-corrected chi connectivity index (χ4v) is 7.96. The van der Waals surface area contributed by atoms with Gasteiger partial charge in [0.15, 0.2) is 11.5 Å². The monoisotopic (exact) mass is 455 g/mol. The molecule has 8 atom stereocenters. The van der Waals surface area contributed by atoms with Crippen LogP contribution >= 0.6 is 0 Å². The summed E-state index contributed by atoms with van der Waals surface area (Å²) in [6, 6.07) is 4.44. The Morgan fingerprint density at radius 1 is 1.09 bits per heavy atom. The molecule has 1 aromatic carbocycles. The SMILES string of the molecule is COc1cc2c(cc1OC)[C@H](C)N(C[C@@H]1C(=O)O[C@]34[C@@H]1CC[C@H](C)[C@@H]3CC[C@]1(C)O[C@@H]41)CC2. The minimum absolute atomic E-state index is 0.00385. The van der Waals surface area contributed by atoms with Gasteiger partial charge in [0.2, 0.25) is 0 Å². The lowest BCUT2D eigenvalue weighted by Gasteiger charge is -2.50. The number of rotatable bonds is 4. The van der Waals surface area contributed by atoms with Gasteiger partial charge in [0.1, 0.15) is 11.7 Å². The van der Waals surface area contributed by atoms with Crippen LogP contribution in [0.2, 0.25) is 0 Å². The van der Waals surface area contributed by atoms with Crippen LogP contribution in [-0.2, 0) is 20.7 Å². The molecule has 0 N–H and O–H groups in total. The molecule has 0 radical (unpaired) electrons. The van der Waals surface area contributed by atoms with Crippen LogP contribution in [0.15, 0.2) is 12.1 Å². The molecular weight excluding hydrogens is 418 g/mol. The van der Waals surface area contributed by atoms with Crippen molar-refractivity contribution < 1.29 is 23.7 Å². The van der Waals surface area contributed by atoms with Crippen molar-refractivity contribution in [2.75, 3.05) is 27.3 Å². The van der Waals surface area contributed by atoms with Gasteiger partial charge < -0.3 is 18.9 Å². The number of carbonyl (C=O) groups excluding carboxylic acids is 1. The number of fused-ring (bicyclic) bond motifs is 2. The van der Waals surface area contributed by atoms with Crippen LogP contribution in [0.1, 0.15) is 63.6 Å². The van der Waals surface area contributed by atoms with Crippen molar-refractivity contribution in [3.05, 3.63) is 23.3 Å². The lowest BCUT2D eigenvalue weighted by Crippen LogP contribution is -2.58. The van der Waals surface area contributed by atoms with E-state index in [-0.39, 0.29) is 35.6 Å². The lowest BCUT2D eigenvalue weighted by atomic mass is 9.55. The van der Waals surface area contributed by atoms with Crippen molar-refractivity contribution in [3.63, 3.8) is 0 Å². The van der Waals surface area contributed by atoms with Crippen LogP contribution in [0, 0.1) is 23.7 Å². The van der Waals surface area contributed by atoms with Crippen LogP contribution in [0.25, 0.3) is 0 Å². The van der Waals surface area contributed by atoms with E-state index in [9.17, 15) is 4.79 Å². The van der Waals surface area contributed by atoms with Gasteiger partial charge in [-0.1, -0.05) is 6.92 Å². The first-order chi connectivity index (χ1) is 15.8. The molecule has 2 aliphatic carbocycles. The summed E-state index contributed by atoms with van der Waals surface area (Å²) in [7, 11) is 3.37. The zero-order chi connectivity index (χ0) is 23.1. The first kappa shape index (κ1) is 21.7. The molecule has 0 amide bonds. The van der Waals surface area contributed by atoms with Crippen molar-refractivity contribution in [1.82, 2.24) is 4.90 Å². The first-order valence-corrected chi connectivity index (χ1v) is 12.7. The molecular formula is C27H37NO5. The molecule has 0 aromatic heterocycles. The van der Waals surface area contributed by atoms with Gasteiger partial charge in [-0.3, -0.25) is 9.69 Å². The highest BCUT2D eigenvalue weighted by atomic mass is 16.7. The predicted octanol–water partition coefficient (Wildman–Crippen LogP) is 4.15. The number of carbonyl (C=O) groups is 1. The quantitative estimate of drug-likeness (QED) is 0.502. The van der Waals surface area contributed by atoms with Crippen molar-refractivity contribution in [3.8, 4) is 11.5 Å². The molecule has 1 spiro atoms. The van der Waals surface area contributed by atoms with Gasteiger partial charge in [-0.25, -0.2) is 0 Å². The Morgan fingerprint density at radius 3 is 2.61 bits per heavy atom. The maximum absolute atomic E-state index is 13.4. The summed E-state index contributed by atoms with van der Waals surface area (Å²) in [5, 5.41) is 0. The average molecular weight is 456 g/mol. The van der Waals surface area contributed by atoms with Gasteiger partial charge in [0, 0.05) is 31.0 Å².